The Balaban J connectivity index is -0.00000000450. The third-order valence-corrected chi connectivity index (χ3v) is 0. The monoisotopic (exact) mass is 283 g/mol. The zero-order valence-corrected chi connectivity index (χ0v) is 7.34. The van der Waals surface area contributed by atoms with Crippen molar-refractivity contribution in [1.29, 1.82) is 0 Å². The van der Waals surface area contributed by atoms with Gasteiger partial charge in [-0.05, 0) is 6.92 Å². The van der Waals surface area contributed by atoms with E-state index in [1.165, 1.54) is 0 Å². The zero-order valence-electron chi connectivity index (χ0n) is 4.72. The van der Waals surface area contributed by atoms with Crippen LogP contribution in [0.3, 0.4) is 0 Å². The maximum atomic E-state index is 8.89. The van der Waals surface area contributed by atoms with Gasteiger partial charge in [0.15, 0.2) is 0 Å². The molecule has 0 spiro atoms. The molecule has 0 fully saturated rings. The van der Waals surface area contributed by atoms with Gasteiger partial charge in [-0.15, -0.1) is 0 Å². The quantitative estimate of drug-likeness (QED) is 0.436. The van der Waals surface area contributed by atoms with Crippen molar-refractivity contribution >= 4 is 5.97 Å². The molecule has 0 aromatic rings. The maximum Gasteiger partial charge on any atom is 3.00 e. The summed E-state index contributed by atoms with van der Waals surface area (Å²) in [5.41, 5.74) is 0. The molecular weight excluding hydrogens is 270 g/mol. The van der Waals surface area contributed by atoms with Gasteiger partial charge in [0, 0.05) is 5.97 Å². The predicted octanol–water partition coefficient (Wildman–Crippen LogP) is -4.54. The van der Waals surface area contributed by atoms with E-state index in [0.717, 1.165) is 6.92 Å². The Morgan fingerprint density at radius 3 is 1.11 bits per heavy atom. The molecule has 0 rings (SSSR count). The fourth-order valence-electron chi connectivity index (χ4n) is 0. The van der Waals surface area contributed by atoms with Gasteiger partial charge in [0.25, 0.3) is 0 Å². The first-order chi connectivity index (χ1) is 1.73. The Morgan fingerprint density at radius 2 is 1.11 bits per heavy atom. The van der Waals surface area contributed by atoms with Crippen LogP contribution in [0.25, 0.3) is 0 Å². The molecule has 0 aliphatic rings. The average molecular weight is 281 g/mol. The van der Waals surface area contributed by atoms with Crippen molar-refractivity contribution in [3.05, 3.63) is 0 Å². The van der Waals surface area contributed by atoms with E-state index in [1.54, 1.807) is 0 Å². The number of carboxylic acids is 1. The number of hydrogen-bond acceptors (Lipinski definition) is 2. The van der Waals surface area contributed by atoms with Crippen LogP contribution in [0.1, 0.15) is 6.92 Å². The minimum Gasteiger partial charge on any atom is -0.550 e. The maximum absolute atomic E-state index is 8.89. The molecular formula is C2H11O6Sm+2. The molecule has 6 nitrogen and oxygen atoms in total. The van der Waals surface area contributed by atoms with Crippen molar-refractivity contribution in [3.63, 3.8) is 0 Å². The van der Waals surface area contributed by atoms with E-state index in [-0.39, 0.29) is 62.3 Å². The molecule has 9 heavy (non-hydrogen) atoms. The standard InChI is InChI=1S/C2H4O2.4H2O.Sm/c1-2(3)4;;;;;/h1H3,(H,3,4);4*1H2;/q;;;;;+3/p-1. The van der Waals surface area contributed by atoms with Crippen LogP contribution in [0, 0.1) is 40.4 Å². The minimum absolute atomic E-state index is 0. The van der Waals surface area contributed by atoms with Crippen LogP contribution in [0.5, 0.6) is 0 Å². The van der Waals surface area contributed by atoms with Gasteiger partial charge in [0.05, 0.1) is 0 Å². The van der Waals surface area contributed by atoms with Gasteiger partial charge in [-0.2, -0.15) is 0 Å². The number of hydrogen-bond donors (Lipinski definition) is 0. The van der Waals surface area contributed by atoms with E-state index in [2.05, 4.69) is 0 Å². The first-order valence-electron chi connectivity index (χ1n) is 0.908. The Kier molecular flexibility index (Phi) is 229. The van der Waals surface area contributed by atoms with Gasteiger partial charge in [-0.25, -0.2) is 0 Å². The first kappa shape index (κ1) is 54.2. The molecule has 0 amide bonds. The number of carbonyl (C=O) groups is 1. The van der Waals surface area contributed by atoms with Crippen LogP contribution < -0.4 is 5.11 Å². The fourth-order valence-corrected chi connectivity index (χ4v) is 0. The number of aliphatic carboxylic acids is 1. The van der Waals surface area contributed by atoms with Crippen LogP contribution >= 0.6 is 0 Å². The SMILES string of the molecule is CC(=O)[O-].O.O.O.O.[Sm+3]. The third kappa shape index (κ3) is 911. The molecule has 0 aromatic heterocycles. The van der Waals surface area contributed by atoms with E-state index in [1.807, 2.05) is 0 Å². The molecule has 0 aliphatic carbocycles. The topological polar surface area (TPSA) is 166 Å². The Hall–Kier alpha value is 0.648. The Bertz CT molecular complexity index is 34.0. The van der Waals surface area contributed by atoms with Crippen molar-refractivity contribution in [1.82, 2.24) is 0 Å². The predicted molar refractivity (Wildman–Crippen MR) is 25.1 cm³/mol. The summed E-state index contributed by atoms with van der Waals surface area (Å²) in [5, 5.41) is 8.89. The van der Waals surface area contributed by atoms with Gasteiger partial charge >= 0.3 is 40.4 Å². The van der Waals surface area contributed by atoms with Gasteiger partial charge in [-0.3, -0.25) is 0 Å². The van der Waals surface area contributed by atoms with Crippen LogP contribution in [0.4, 0.5) is 0 Å². The summed E-state index contributed by atoms with van der Waals surface area (Å²) in [6.07, 6.45) is 0. The minimum atomic E-state index is -1.08. The molecule has 59 valence electrons. The number of rotatable bonds is 0. The van der Waals surface area contributed by atoms with Crippen molar-refractivity contribution in [2.75, 3.05) is 0 Å². The van der Waals surface area contributed by atoms with Gasteiger partial charge < -0.3 is 31.8 Å². The van der Waals surface area contributed by atoms with Crippen molar-refractivity contribution in [3.8, 4) is 0 Å². The summed E-state index contributed by atoms with van der Waals surface area (Å²) in [4.78, 5) is 8.89. The molecule has 0 atom stereocenters. The molecule has 0 aliphatic heterocycles. The van der Waals surface area contributed by atoms with E-state index in [9.17, 15) is 0 Å². The normalized spacial score (nSPS) is 2.78. The van der Waals surface area contributed by atoms with Crippen molar-refractivity contribution in [2.45, 2.75) is 6.92 Å². The fraction of sp³-hybridized carbons (Fsp3) is 0.500. The summed E-state index contributed by atoms with van der Waals surface area (Å²) in [6, 6.07) is 0. The Morgan fingerprint density at radius 1 is 1.11 bits per heavy atom. The molecule has 0 aromatic carbocycles. The summed E-state index contributed by atoms with van der Waals surface area (Å²) >= 11 is 0. The number of carbonyl (C=O) groups excluding carboxylic acids is 1. The van der Waals surface area contributed by atoms with E-state index >= 15 is 0 Å². The van der Waals surface area contributed by atoms with Gasteiger partial charge in [0.1, 0.15) is 0 Å². The molecule has 1 radical (unpaired) electrons. The van der Waals surface area contributed by atoms with E-state index in [0.29, 0.717) is 0 Å². The van der Waals surface area contributed by atoms with Crippen LogP contribution in [0.15, 0.2) is 0 Å². The average Bonchev–Trinajstić information content (AvgIpc) is 0.811. The second-order valence-electron chi connectivity index (χ2n) is 0.492. The molecule has 0 saturated heterocycles. The molecule has 7 heteroatoms. The van der Waals surface area contributed by atoms with E-state index in [4.69, 9.17) is 9.90 Å². The summed E-state index contributed by atoms with van der Waals surface area (Å²) in [7, 11) is 0. The smallest absolute Gasteiger partial charge is 0.550 e. The largest absolute Gasteiger partial charge is 3.00 e. The second-order valence-corrected chi connectivity index (χ2v) is 0.492. The van der Waals surface area contributed by atoms with Crippen LogP contribution in [0.2, 0.25) is 0 Å². The van der Waals surface area contributed by atoms with Crippen LogP contribution in [-0.2, 0) is 4.79 Å². The second kappa shape index (κ2) is 38.0. The number of carboxylic acid groups (broad SMARTS) is 1. The summed E-state index contributed by atoms with van der Waals surface area (Å²) in [6.45, 7) is 0.972. The molecule has 8 N–H and O–H groups in total. The first-order valence-corrected chi connectivity index (χ1v) is 0.908. The van der Waals surface area contributed by atoms with Crippen LogP contribution in [-0.4, -0.2) is 27.9 Å². The molecule has 0 heterocycles. The summed E-state index contributed by atoms with van der Waals surface area (Å²) < 4.78 is 0. The van der Waals surface area contributed by atoms with Crippen molar-refractivity contribution < 1.29 is 72.2 Å². The third-order valence-electron chi connectivity index (χ3n) is 0. The van der Waals surface area contributed by atoms with E-state index < -0.39 is 5.97 Å². The van der Waals surface area contributed by atoms with Gasteiger partial charge in [-0.1, -0.05) is 0 Å². The molecule has 0 saturated carbocycles. The van der Waals surface area contributed by atoms with Crippen molar-refractivity contribution in [2.24, 2.45) is 0 Å². The molecule has 0 unspecified atom stereocenters. The Labute approximate surface area is 84.6 Å². The summed E-state index contributed by atoms with van der Waals surface area (Å²) in [5.74, 6) is -1.08. The van der Waals surface area contributed by atoms with Gasteiger partial charge in [0.2, 0.25) is 0 Å². The molecule has 0 bridgehead atoms. The zero-order chi connectivity index (χ0) is 3.58.